The summed E-state index contributed by atoms with van der Waals surface area (Å²) in [6.07, 6.45) is 1.70. The fourth-order valence-corrected chi connectivity index (χ4v) is 3.25. The van der Waals surface area contributed by atoms with E-state index in [1.807, 2.05) is 18.2 Å². The van der Waals surface area contributed by atoms with Gasteiger partial charge in [0.1, 0.15) is 11.6 Å². The maximum atomic E-state index is 12.6. The second-order valence-corrected chi connectivity index (χ2v) is 7.01. The normalized spacial score (nSPS) is 11.1. The first-order valence-electron chi connectivity index (χ1n) is 7.46. The van der Waals surface area contributed by atoms with Crippen molar-refractivity contribution in [2.45, 2.75) is 16.5 Å². The zero-order valence-electron chi connectivity index (χ0n) is 13.5. The standard InChI is InChI=1S/C17H16N4O3S/c1-24-14-5-7-15(8-6-14)25(22,23)17-10-9-16(20-21-17)19-12-13-4-2-3-11-18-13/h2-11H,12H2,1H3,(H,19,20). The summed E-state index contributed by atoms with van der Waals surface area (Å²) in [5.74, 6) is 1.05. The van der Waals surface area contributed by atoms with Crippen molar-refractivity contribution in [3.05, 3.63) is 66.5 Å². The second kappa shape index (κ2) is 7.27. The number of anilines is 1. The van der Waals surface area contributed by atoms with Crippen LogP contribution in [0.3, 0.4) is 0 Å². The Bertz CT molecular complexity index is 928. The highest BCUT2D eigenvalue weighted by molar-refractivity contribution is 7.91. The van der Waals surface area contributed by atoms with Gasteiger partial charge < -0.3 is 10.1 Å². The molecule has 0 aliphatic heterocycles. The molecule has 1 aromatic carbocycles. The van der Waals surface area contributed by atoms with Crippen molar-refractivity contribution < 1.29 is 13.2 Å². The first-order valence-corrected chi connectivity index (χ1v) is 8.94. The number of aromatic nitrogens is 3. The summed E-state index contributed by atoms with van der Waals surface area (Å²) < 4.78 is 30.1. The van der Waals surface area contributed by atoms with Crippen LogP contribution < -0.4 is 10.1 Å². The lowest BCUT2D eigenvalue weighted by molar-refractivity contribution is 0.414. The second-order valence-electron chi connectivity index (χ2n) is 5.11. The third kappa shape index (κ3) is 3.92. The van der Waals surface area contributed by atoms with Crippen molar-refractivity contribution in [1.29, 1.82) is 0 Å². The lowest BCUT2D eigenvalue weighted by atomic mass is 10.3. The summed E-state index contributed by atoms with van der Waals surface area (Å²) in [5, 5.41) is 10.7. The molecular formula is C17H16N4O3S. The average molecular weight is 356 g/mol. The molecule has 0 unspecified atom stereocenters. The number of hydrogen-bond acceptors (Lipinski definition) is 7. The highest BCUT2D eigenvalue weighted by atomic mass is 32.2. The molecule has 1 N–H and O–H groups in total. The molecule has 7 nitrogen and oxygen atoms in total. The summed E-state index contributed by atoms with van der Waals surface area (Å²) in [4.78, 5) is 4.32. The van der Waals surface area contributed by atoms with E-state index < -0.39 is 9.84 Å². The Labute approximate surface area is 145 Å². The van der Waals surface area contributed by atoms with Gasteiger partial charge in [-0.25, -0.2) is 8.42 Å². The number of ether oxygens (including phenoxy) is 1. The minimum Gasteiger partial charge on any atom is -0.497 e. The van der Waals surface area contributed by atoms with Crippen LogP contribution in [0.4, 0.5) is 5.82 Å². The predicted octanol–water partition coefficient (Wildman–Crippen LogP) is 2.33. The Balaban J connectivity index is 1.74. The zero-order chi connectivity index (χ0) is 17.7. The SMILES string of the molecule is COc1ccc(S(=O)(=O)c2ccc(NCc3ccccn3)nn2)cc1. The van der Waals surface area contributed by atoms with E-state index in [-0.39, 0.29) is 9.92 Å². The van der Waals surface area contributed by atoms with E-state index in [0.29, 0.717) is 18.1 Å². The molecule has 25 heavy (non-hydrogen) atoms. The number of nitrogens with zero attached hydrogens (tertiary/aromatic N) is 3. The highest BCUT2D eigenvalue weighted by Crippen LogP contribution is 2.21. The third-order valence-corrected chi connectivity index (χ3v) is 5.12. The molecule has 0 atom stereocenters. The van der Waals surface area contributed by atoms with Crippen LogP contribution >= 0.6 is 0 Å². The van der Waals surface area contributed by atoms with Gasteiger partial charge in [-0.3, -0.25) is 4.98 Å². The van der Waals surface area contributed by atoms with Gasteiger partial charge in [-0.2, -0.15) is 0 Å². The minimum absolute atomic E-state index is 0.110. The largest absolute Gasteiger partial charge is 0.497 e. The van der Waals surface area contributed by atoms with E-state index in [1.165, 1.54) is 25.3 Å². The number of benzene rings is 1. The third-order valence-electron chi connectivity index (χ3n) is 3.46. The van der Waals surface area contributed by atoms with E-state index in [1.54, 1.807) is 24.4 Å². The molecule has 0 radical (unpaired) electrons. The Hall–Kier alpha value is -3.00. The molecule has 2 heterocycles. The van der Waals surface area contributed by atoms with Crippen LogP contribution in [-0.4, -0.2) is 30.7 Å². The van der Waals surface area contributed by atoms with Gasteiger partial charge in [-0.1, -0.05) is 6.07 Å². The molecule has 0 bridgehead atoms. The summed E-state index contributed by atoms with van der Waals surface area (Å²) in [7, 11) is -2.20. The number of rotatable bonds is 6. The molecule has 0 fully saturated rings. The maximum absolute atomic E-state index is 12.6. The van der Waals surface area contributed by atoms with Crippen molar-refractivity contribution in [1.82, 2.24) is 15.2 Å². The summed E-state index contributed by atoms with van der Waals surface area (Å²) in [5.41, 5.74) is 0.847. The smallest absolute Gasteiger partial charge is 0.225 e. The molecule has 0 saturated heterocycles. The minimum atomic E-state index is -3.72. The molecule has 8 heteroatoms. The first-order chi connectivity index (χ1) is 12.1. The van der Waals surface area contributed by atoms with Crippen LogP contribution in [0, 0.1) is 0 Å². The van der Waals surface area contributed by atoms with Crippen LogP contribution in [0.2, 0.25) is 0 Å². The van der Waals surface area contributed by atoms with Gasteiger partial charge in [0, 0.05) is 6.20 Å². The van der Waals surface area contributed by atoms with Gasteiger partial charge >= 0.3 is 0 Å². The topological polar surface area (TPSA) is 94.1 Å². The quantitative estimate of drug-likeness (QED) is 0.724. The van der Waals surface area contributed by atoms with Crippen LogP contribution in [-0.2, 0) is 16.4 Å². The molecule has 0 aliphatic carbocycles. The van der Waals surface area contributed by atoms with Crippen LogP contribution in [0.15, 0.2) is 70.7 Å². The van der Waals surface area contributed by atoms with Gasteiger partial charge in [0.2, 0.25) is 9.84 Å². The Morgan fingerprint density at radius 2 is 1.80 bits per heavy atom. The average Bonchev–Trinajstić information content (AvgIpc) is 2.67. The van der Waals surface area contributed by atoms with E-state index >= 15 is 0 Å². The molecule has 0 spiro atoms. The van der Waals surface area contributed by atoms with Crippen molar-refractivity contribution in [2.75, 3.05) is 12.4 Å². The van der Waals surface area contributed by atoms with Gasteiger partial charge in [-0.15, -0.1) is 10.2 Å². The van der Waals surface area contributed by atoms with Crippen LogP contribution in [0.5, 0.6) is 5.75 Å². The van der Waals surface area contributed by atoms with Crippen molar-refractivity contribution in [2.24, 2.45) is 0 Å². The van der Waals surface area contributed by atoms with Gasteiger partial charge in [0.25, 0.3) is 0 Å². The van der Waals surface area contributed by atoms with Crippen LogP contribution in [0.25, 0.3) is 0 Å². The van der Waals surface area contributed by atoms with Crippen LogP contribution in [0.1, 0.15) is 5.69 Å². The molecule has 0 amide bonds. The Kier molecular flexibility index (Phi) is 4.90. The predicted molar refractivity (Wildman–Crippen MR) is 92.0 cm³/mol. The number of methoxy groups -OCH3 is 1. The fourth-order valence-electron chi connectivity index (χ4n) is 2.12. The zero-order valence-corrected chi connectivity index (χ0v) is 14.3. The monoisotopic (exact) mass is 356 g/mol. The van der Waals surface area contributed by atoms with E-state index in [0.717, 1.165) is 5.69 Å². The number of hydrogen-bond donors (Lipinski definition) is 1. The van der Waals surface area contributed by atoms with Crippen molar-refractivity contribution >= 4 is 15.7 Å². The summed E-state index contributed by atoms with van der Waals surface area (Å²) in [6.45, 7) is 0.472. The lowest BCUT2D eigenvalue weighted by Crippen LogP contribution is -2.08. The van der Waals surface area contributed by atoms with E-state index in [4.69, 9.17) is 4.74 Å². The molecule has 3 rings (SSSR count). The molecular weight excluding hydrogens is 340 g/mol. The number of pyridine rings is 1. The molecule has 0 saturated carbocycles. The lowest BCUT2D eigenvalue weighted by Gasteiger charge is -2.07. The Morgan fingerprint density at radius 3 is 2.40 bits per heavy atom. The van der Waals surface area contributed by atoms with E-state index in [9.17, 15) is 8.42 Å². The summed E-state index contributed by atoms with van der Waals surface area (Å²) >= 11 is 0. The number of sulfone groups is 1. The van der Waals surface area contributed by atoms with Gasteiger partial charge in [-0.05, 0) is 48.5 Å². The van der Waals surface area contributed by atoms with Crippen molar-refractivity contribution in [3.8, 4) is 5.75 Å². The maximum Gasteiger partial charge on any atom is 0.225 e. The molecule has 128 valence electrons. The molecule has 2 aromatic heterocycles. The first kappa shape index (κ1) is 16.8. The van der Waals surface area contributed by atoms with Crippen molar-refractivity contribution in [3.63, 3.8) is 0 Å². The highest BCUT2D eigenvalue weighted by Gasteiger charge is 2.19. The number of nitrogens with one attached hydrogen (secondary N) is 1. The summed E-state index contributed by atoms with van der Waals surface area (Å²) in [6, 6.07) is 14.7. The fraction of sp³-hybridized carbons (Fsp3) is 0.118. The van der Waals surface area contributed by atoms with E-state index in [2.05, 4.69) is 20.5 Å². The van der Waals surface area contributed by atoms with Gasteiger partial charge in [0.15, 0.2) is 5.03 Å². The Morgan fingerprint density at radius 1 is 1.00 bits per heavy atom. The van der Waals surface area contributed by atoms with Gasteiger partial charge in [0.05, 0.1) is 24.2 Å². The molecule has 3 aromatic rings. The molecule has 0 aliphatic rings.